The van der Waals surface area contributed by atoms with Crippen molar-refractivity contribution < 1.29 is 4.43 Å². The van der Waals surface area contributed by atoms with Crippen LogP contribution in [0.1, 0.15) is 5.56 Å². The molecular weight excluding hydrogens is 200 g/mol. The van der Waals surface area contributed by atoms with Gasteiger partial charge in [-0.1, -0.05) is 60.7 Å². The Kier molecular flexibility index (Phi) is 3.71. The van der Waals surface area contributed by atoms with Crippen molar-refractivity contribution in [1.29, 1.82) is 0 Å². The molecule has 2 aromatic carbocycles. The van der Waals surface area contributed by atoms with Crippen LogP contribution in [0.3, 0.4) is 0 Å². The van der Waals surface area contributed by atoms with Crippen molar-refractivity contribution >= 4 is 14.9 Å². The minimum absolute atomic E-state index is 0.555. The van der Waals surface area contributed by atoms with Gasteiger partial charge in [-0.2, -0.15) is 0 Å². The summed E-state index contributed by atoms with van der Waals surface area (Å²) in [5.74, 6) is 0. The quantitative estimate of drug-likeness (QED) is 0.703. The van der Waals surface area contributed by atoms with Crippen molar-refractivity contribution in [3.05, 3.63) is 66.2 Å². The van der Waals surface area contributed by atoms with Crippen molar-refractivity contribution in [3.63, 3.8) is 0 Å². The van der Waals surface area contributed by atoms with Crippen molar-refractivity contribution in [2.45, 2.75) is 6.61 Å². The summed E-state index contributed by atoms with van der Waals surface area (Å²) in [7, 11) is -0.555. The first kappa shape index (κ1) is 10.1. The smallest absolute Gasteiger partial charge is 0.192 e. The number of rotatable bonds is 4. The lowest BCUT2D eigenvalue weighted by Gasteiger charge is -2.03. The molecule has 0 atom stereocenters. The molecule has 0 bridgehead atoms. The summed E-state index contributed by atoms with van der Waals surface area (Å²) in [6, 6.07) is 20.7. The number of benzene rings is 2. The lowest BCUT2D eigenvalue weighted by molar-refractivity contribution is 0.330. The van der Waals surface area contributed by atoms with Gasteiger partial charge in [0.1, 0.15) is 0 Å². The van der Waals surface area contributed by atoms with E-state index in [-0.39, 0.29) is 0 Å². The maximum absolute atomic E-state index is 5.74. The van der Waals surface area contributed by atoms with E-state index in [0.717, 1.165) is 6.61 Å². The summed E-state index contributed by atoms with van der Waals surface area (Å²) < 4.78 is 5.74. The van der Waals surface area contributed by atoms with Crippen LogP contribution < -0.4 is 5.19 Å². The minimum atomic E-state index is -0.555. The highest BCUT2D eigenvalue weighted by Crippen LogP contribution is 1.99. The van der Waals surface area contributed by atoms with Crippen molar-refractivity contribution in [2.24, 2.45) is 0 Å². The molecule has 0 aromatic heterocycles. The van der Waals surface area contributed by atoms with Crippen LogP contribution in [0, 0.1) is 0 Å². The monoisotopic (exact) mass is 214 g/mol. The van der Waals surface area contributed by atoms with Gasteiger partial charge in [0.15, 0.2) is 9.76 Å². The molecule has 0 aliphatic heterocycles. The topological polar surface area (TPSA) is 9.23 Å². The van der Waals surface area contributed by atoms with Gasteiger partial charge in [0.25, 0.3) is 0 Å². The van der Waals surface area contributed by atoms with E-state index in [1.54, 1.807) is 0 Å². The van der Waals surface area contributed by atoms with Crippen LogP contribution in [0.15, 0.2) is 60.7 Å². The van der Waals surface area contributed by atoms with Gasteiger partial charge < -0.3 is 4.43 Å². The van der Waals surface area contributed by atoms with E-state index < -0.39 is 9.76 Å². The average molecular weight is 214 g/mol. The molecule has 15 heavy (non-hydrogen) atoms. The van der Waals surface area contributed by atoms with Crippen LogP contribution in [-0.2, 0) is 11.0 Å². The van der Waals surface area contributed by atoms with Crippen molar-refractivity contribution in [2.75, 3.05) is 0 Å². The molecule has 2 heteroatoms. The van der Waals surface area contributed by atoms with E-state index in [1.807, 2.05) is 24.3 Å². The fourth-order valence-electron chi connectivity index (χ4n) is 1.44. The summed E-state index contributed by atoms with van der Waals surface area (Å²) in [5, 5.41) is 1.36. The molecule has 0 spiro atoms. The number of hydrogen-bond donors (Lipinski definition) is 0. The van der Waals surface area contributed by atoms with E-state index >= 15 is 0 Å². The van der Waals surface area contributed by atoms with E-state index in [1.165, 1.54) is 10.8 Å². The van der Waals surface area contributed by atoms with E-state index in [9.17, 15) is 0 Å². The predicted octanol–water partition coefficient (Wildman–Crippen LogP) is 1.61. The average Bonchev–Trinajstić information content (AvgIpc) is 2.32. The molecule has 0 heterocycles. The molecule has 0 unspecified atom stereocenters. The Bertz CT molecular complexity index is 346. The second-order valence-corrected chi connectivity index (χ2v) is 4.98. The van der Waals surface area contributed by atoms with E-state index in [0.29, 0.717) is 0 Å². The fraction of sp³-hybridized carbons (Fsp3) is 0.0769. The molecule has 76 valence electrons. The Morgan fingerprint density at radius 3 is 2.07 bits per heavy atom. The van der Waals surface area contributed by atoms with Gasteiger partial charge >= 0.3 is 0 Å². The molecule has 1 nitrogen and oxygen atoms in total. The van der Waals surface area contributed by atoms with Gasteiger partial charge in [-0.15, -0.1) is 0 Å². The zero-order chi connectivity index (χ0) is 10.3. The zero-order valence-electron chi connectivity index (χ0n) is 8.60. The van der Waals surface area contributed by atoms with Crippen LogP contribution in [0.4, 0.5) is 0 Å². The molecule has 0 saturated carbocycles. The first-order chi connectivity index (χ1) is 7.45. The summed E-state index contributed by atoms with van der Waals surface area (Å²) in [5.41, 5.74) is 1.25. The number of hydrogen-bond acceptors (Lipinski definition) is 1. The van der Waals surface area contributed by atoms with Gasteiger partial charge in [0, 0.05) is 0 Å². The zero-order valence-corrected chi connectivity index (χ0v) is 10.0. The summed E-state index contributed by atoms with van der Waals surface area (Å²) in [4.78, 5) is 0. The largest absolute Gasteiger partial charge is 0.414 e. The van der Waals surface area contributed by atoms with Crippen molar-refractivity contribution in [3.8, 4) is 0 Å². The first-order valence-corrected chi connectivity index (χ1v) is 6.39. The molecule has 0 amide bonds. The maximum Gasteiger partial charge on any atom is 0.192 e. The van der Waals surface area contributed by atoms with Gasteiger partial charge in [-0.05, 0) is 10.8 Å². The molecule has 0 aliphatic rings. The lowest BCUT2D eigenvalue weighted by Crippen LogP contribution is -2.16. The highest BCUT2D eigenvalue weighted by atomic mass is 28.2. The molecule has 0 aliphatic carbocycles. The Hall–Kier alpha value is -1.38. The predicted molar refractivity (Wildman–Crippen MR) is 65.9 cm³/mol. The Morgan fingerprint density at radius 1 is 0.800 bits per heavy atom. The van der Waals surface area contributed by atoms with Crippen LogP contribution >= 0.6 is 0 Å². The molecule has 0 saturated heterocycles. The minimum Gasteiger partial charge on any atom is -0.414 e. The first-order valence-electron chi connectivity index (χ1n) is 5.11. The van der Waals surface area contributed by atoms with Gasteiger partial charge in [-0.3, -0.25) is 0 Å². The van der Waals surface area contributed by atoms with Crippen molar-refractivity contribution in [1.82, 2.24) is 0 Å². The van der Waals surface area contributed by atoms with Crippen LogP contribution in [0.25, 0.3) is 0 Å². The molecule has 0 fully saturated rings. The third kappa shape index (κ3) is 3.35. The normalized spacial score (nSPS) is 10.9. The SMILES string of the molecule is c1ccc(CO[SiH2]c2ccccc2)cc1. The summed E-state index contributed by atoms with van der Waals surface area (Å²) in [6.45, 7) is 0.738. The third-order valence-corrected chi connectivity index (χ3v) is 3.44. The van der Waals surface area contributed by atoms with Crippen LogP contribution in [0.2, 0.25) is 0 Å². The Labute approximate surface area is 92.7 Å². The molecular formula is C13H14OSi. The second kappa shape index (κ2) is 5.49. The van der Waals surface area contributed by atoms with Gasteiger partial charge in [0.2, 0.25) is 0 Å². The Balaban J connectivity index is 1.81. The molecule has 0 radical (unpaired) electrons. The molecule has 2 aromatic rings. The Morgan fingerprint density at radius 2 is 1.40 bits per heavy atom. The van der Waals surface area contributed by atoms with Crippen LogP contribution in [0.5, 0.6) is 0 Å². The van der Waals surface area contributed by atoms with Gasteiger partial charge in [0.05, 0.1) is 6.61 Å². The standard InChI is InChI=1S/C13H14OSi/c1-3-7-12(8-4-1)11-14-15-13-9-5-2-6-10-13/h1-10H,11,15H2. The van der Waals surface area contributed by atoms with E-state index in [2.05, 4.69) is 36.4 Å². The van der Waals surface area contributed by atoms with Crippen LogP contribution in [-0.4, -0.2) is 9.76 Å². The fourth-order valence-corrected chi connectivity index (χ4v) is 2.47. The van der Waals surface area contributed by atoms with E-state index in [4.69, 9.17) is 4.43 Å². The van der Waals surface area contributed by atoms with Gasteiger partial charge in [-0.25, -0.2) is 0 Å². The molecule has 2 rings (SSSR count). The maximum atomic E-state index is 5.74. The highest BCUT2D eigenvalue weighted by Gasteiger charge is 1.94. The lowest BCUT2D eigenvalue weighted by atomic mass is 10.2. The summed E-state index contributed by atoms with van der Waals surface area (Å²) >= 11 is 0. The highest BCUT2D eigenvalue weighted by molar-refractivity contribution is 6.46. The summed E-state index contributed by atoms with van der Waals surface area (Å²) in [6.07, 6.45) is 0. The molecule has 0 N–H and O–H groups in total. The third-order valence-electron chi connectivity index (χ3n) is 2.22. The second-order valence-electron chi connectivity index (χ2n) is 3.46.